The molecule has 0 atom stereocenters. The molecule has 1 aromatic heterocycles. The van der Waals surface area contributed by atoms with Gasteiger partial charge in [-0.15, -0.1) is 0 Å². The first-order valence-electron chi connectivity index (χ1n) is 9.29. The van der Waals surface area contributed by atoms with Crippen LogP contribution in [-0.4, -0.2) is 37.8 Å². The number of rotatable bonds is 5. The van der Waals surface area contributed by atoms with Gasteiger partial charge in [-0.1, -0.05) is 48.5 Å². The van der Waals surface area contributed by atoms with Gasteiger partial charge in [-0.3, -0.25) is 19.0 Å². The molecular weight excluding hydrogens is 437 g/mol. The third kappa shape index (κ3) is 4.08. The SMILES string of the molecule is O=C(O)CNC(=O)c1c(O)n(C2CCCCC2)c(=O)n(-c2c(Cl)cccc2Cl)c1=O. The number of nitrogens with zero attached hydrogens (tertiary/aromatic N) is 2. The zero-order valence-corrected chi connectivity index (χ0v) is 17.2. The maximum Gasteiger partial charge on any atom is 0.338 e. The maximum absolute atomic E-state index is 13.3. The fraction of sp³-hybridized carbons (Fsp3) is 0.368. The van der Waals surface area contributed by atoms with Gasteiger partial charge in [-0.2, -0.15) is 0 Å². The van der Waals surface area contributed by atoms with Gasteiger partial charge < -0.3 is 15.5 Å². The number of aromatic hydroxyl groups is 1. The first-order valence-corrected chi connectivity index (χ1v) is 10.0. The molecule has 1 fully saturated rings. The lowest BCUT2D eigenvalue weighted by molar-refractivity contribution is -0.135. The van der Waals surface area contributed by atoms with Gasteiger partial charge in [0.2, 0.25) is 5.88 Å². The van der Waals surface area contributed by atoms with Gasteiger partial charge in [-0.25, -0.2) is 9.36 Å². The first kappa shape index (κ1) is 21.9. The Morgan fingerprint density at radius 3 is 2.27 bits per heavy atom. The minimum absolute atomic E-state index is 0.000483. The van der Waals surface area contributed by atoms with E-state index in [1.807, 2.05) is 5.32 Å². The zero-order valence-electron chi connectivity index (χ0n) is 15.7. The van der Waals surface area contributed by atoms with Crippen molar-refractivity contribution in [1.29, 1.82) is 0 Å². The van der Waals surface area contributed by atoms with Crippen molar-refractivity contribution in [2.45, 2.75) is 38.1 Å². The highest BCUT2D eigenvalue weighted by molar-refractivity contribution is 6.37. The molecule has 3 N–H and O–H groups in total. The number of benzene rings is 1. The fourth-order valence-electron chi connectivity index (χ4n) is 3.62. The molecule has 160 valence electrons. The summed E-state index contributed by atoms with van der Waals surface area (Å²) in [6.45, 7) is -0.771. The van der Waals surface area contributed by atoms with Gasteiger partial charge in [0, 0.05) is 6.04 Å². The molecule has 11 heteroatoms. The Kier molecular flexibility index (Phi) is 6.52. The van der Waals surface area contributed by atoms with Crippen LogP contribution in [0.15, 0.2) is 27.8 Å². The van der Waals surface area contributed by atoms with E-state index in [1.165, 1.54) is 18.2 Å². The molecule has 0 unspecified atom stereocenters. The summed E-state index contributed by atoms with van der Waals surface area (Å²) in [6.07, 6.45) is 3.72. The van der Waals surface area contributed by atoms with Crippen LogP contribution in [0.3, 0.4) is 0 Å². The van der Waals surface area contributed by atoms with Crippen LogP contribution in [-0.2, 0) is 4.79 Å². The van der Waals surface area contributed by atoms with E-state index in [-0.39, 0.29) is 15.7 Å². The zero-order chi connectivity index (χ0) is 22.0. The summed E-state index contributed by atoms with van der Waals surface area (Å²) >= 11 is 12.4. The van der Waals surface area contributed by atoms with Crippen molar-refractivity contribution < 1.29 is 19.8 Å². The summed E-state index contributed by atoms with van der Waals surface area (Å²) in [5.74, 6) is -3.27. The largest absolute Gasteiger partial charge is 0.494 e. The number of carbonyl (C=O) groups is 2. The molecule has 1 saturated carbocycles. The number of aromatic nitrogens is 2. The van der Waals surface area contributed by atoms with E-state index < -0.39 is 47.2 Å². The molecule has 2 aromatic rings. The van der Waals surface area contributed by atoms with Gasteiger partial charge in [0.15, 0.2) is 5.56 Å². The smallest absolute Gasteiger partial charge is 0.338 e. The van der Waals surface area contributed by atoms with Gasteiger partial charge in [-0.05, 0) is 25.0 Å². The topological polar surface area (TPSA) is 131 Å². The van der Waals surface area contributed by atoms with Crippen molar-refractivity contribution in [2.75, 3.05) is 6.54 Å². The lowest BCUT2D eigenvalue weighted by Gasteiger charge is -2.26. The minimum atomic E-state index is -1.34. The molecule has 0 bridgehead atoms. The van der Waals surface area contributed by atoms with Crippen LogP contribution >= 0.6 is 23.2 Å². The summed E-state index contributed by atoms with van der Waals surface area (Å²) in [5, 5.41) is 21.6. The Hall–Kier alpha value is -2.78. The van der Waals surface area contributed by atoms with Crippen molar-refractivity contribution in [1.82, 2.24) is 14.5 Å². The molecule has 30 heavy (non-hydrogen) atoms. The summed E-state index contributed by atoms with van der Waals surface area (Å²) in [7, 11) is 0. The third-order valence-electron chi connectivity index (χ3n) is 4.99. The van der Waals surface area contributed by atoms with E-state index in [0.717, 1.165) is 23.8 Å². The summed E-state index contributed by atoms with van der Waals surface area (Å²) < 4.78 is 1.64. The second kappa shape index (κ2) is 8.93. The van der Waals surface area contributed by atoms with Gasteiger partial charge in [0.1, 0.15) is 6.54 Å². The summed E-state index contributed by atoms with van der Waals surface area (Å²) in [6, 6.07) is 3.94. The number of hydrogen-bond acceptors (Lipinski definition) is 5. The second-order valence-corrected chi connectivity index (χ2v) is 7.74. The van der Waals surface area contributed by atoms with Crippen LogP contribution in [0.5, 0.6) is 5.88 Å². The molecule has 1 aliphatic carbocycles. The average molecular weight is 456 g/mol. The molecular formula is C19H19Cl2N3O6. The molecule has 0 radical (unpaired) electrons. The lowest BCUT2D eigenvalue weighted by atomic mass is 9.95. The Morgan fingerprint density at radius 1 is 1.10 bits per heavy atom. The van der Waals surface area contributed by atoms with Crippen LogP contribution in [0.4, 0.5) is 0 Å². The molecule has 0 saturated heterocycles. The molecule has 3 rings (SSSR count). The number of aliphatic carboxylic acids is 1. The number of nitrogens with one attached hydrogen (secondary N) is 1. The van der Waals surface area contributed by atoms with Crippen LogP contribution in [0.1, 0.15) is 48.5 Å². The Morgan fingerprint density at radius 2 is 1.70 bits per heavy atom. The van der Waals surface area contributed by atoms with Gasteiger partial charge in [0.25, 0.3) is 11.5 Å². The number of para-hydroxylation sites is 1. The molecule has 0 spiro atoms. The van der Waals surface area contributed by atoms with Crippen LogP contribution < -0.4 is 16.6 Å². The maximum atomic E-state index is 13.3. The number of amides is 1. The van der Waals surface area contributed by atoms with E-state index in [2.05, 4.69) is 0 Å². The molecule has 1 aromatic carbocycles. The fourth-order valence-corrected chi connectivity index (χ4v) is 4.19. The highest BCUT2D eigenvalue weighted by atomic mass is 35.5. The van der Waals surface area contributed by atoms with Crippen molar-refractivity contribution >= 4 is 35.1 Å². The van der Waals surface area contributed by atoms with Crippen molar-refractivity contribution in [3.05, 3.63) is 54.6 Å². The predicted octanol–water partition coefficient (Wildman–Crippen LogP) is 2.33. The van der Waals surface area contributed by atoms with Crippen molar-refractivity contribution in [3.8, 4) is 11.6 Å². The van der Waals surface area contributed by atoms with Gasteiger partial charge >= 0.3 is 11.7 Å². The summed E-state index contributed by atoms with van der Waals surface area (Å²) in [4.78, 5) is 49.7. The molecule has 1 amide bonds. The second-order valence-electron chi connectivity index (χ2n) is 6.93. The van der Waals surface area contributed by atoms with E-state index in [1.54, 1.807) is 0 Å². The highest BCUT2D eigenvalue weighted by Gasteiger charge is 2.30. The minimum Gasteiger partial charge on any atom is -0.494 e. The average Bonchev–Trinajstić information content (AvgIpc) is 2.69. The van der Waals surface area contributed by atoms with Crippen molar-refractivity contribution in [2.24, 2.45) is 0 Å². The number of carboxylic acid groups (broad SMARTS) is 1. The van der Waals surface area contributed by atoms with E-state index in [4.69, 9.17) is 28.3 Å². The lowest BCUT2D eigenvalue weighted by Crippen LogP contribution is -2.45. The van der Waals surface area contributed by atoms with Crippen LogP contribution in [0.2, 0.25) is 10.0 Å². The third-order valence-corrected chi connectivity index (χ3v) is 5.60. The molecule has 1 heterocycles. The Labute approximate surface area is 180 Å². The monoisotopic (exact) mass is 455 g/mol. The van der Waals surface area contributed by atoms with E-state index in [0.29, 0.717) is 17.4 Å². The number of carbonyl (C=O) groups excluding carboxylic acids is 1. The number of halogens is 2. The van der Waals surface area contributed by atoms with Gasteiger partial charge in [0.05, 0.1) is 15.7 Å². The molecule has 0 aliphatic heterocycles. The van der Waals surface area contributed by atoms with Crippen LogP contribution in [0, 0.1) is 0 Å². The summed E-state index contributed by atoms with van der Waals surface area (Å²) in [5.41, 5.74) is -2.90. The van der Waals surface area contributed by atoms with Crippen LogP contribution in [0.25, 0.3) is 5.69 Å². The highest BCUT2D eigenvalue weighted by Crippen LogP contribution is 2.32. The van der Waals surface area contributed by atoms with Crippen molar-refractivity contribution in [3.63, 3.8) is 0 Å². The predicted molar refractivity (Wildman–Crippen MR) is 110 cm³/mol. The van der Waals surface area contributed by atoms with E-state index in [9.17, 15) is 24.3 Å². The normalized spacial score (nSPS) is 14.5. The Bertz CT molecular complexity index is 1100. The Balaban J connectivity index is 2.32. The van der Waals surface area contributed by atoms with E-state index >= 15 is 0 Å². The number of hydrogen-bond donors (Lipinski definition) is 3. The standard InChI is InChI=1S/C19H19Cl2N3O6/c20-11-7-4-8-12(21)15(11)24-18(29)14(16(27)22-9-13(25)26)17(28)23(19(24)30)10-5-2-1-3-6-10/h4,7-8,10,28H,1-3,5-6,9H2,(H,22,27)(H,25,26). The first-order chi connectivity index (χ1) is 14.2. The number of carboxylic acids is 1. The molecule has 9 nitrogen and oxygen atoms in total. The quantitative estimate of drug-likeness (QED) is 0.633. The molecule has 1 aliphatic rings.